The van der Waals surface area contributed by atoms with Crippen LogP contribution in [0.3, 0.4) is 0 Å². The van der Waals surface area contributed by atoms with Crippen LogP contribution in [0.25, 0.3) is 0 Å². The lowest BCUT2D eigenvalue weighted by molar-refractivity contribution is 0.0957. The Kier molecular flexibility index (Phi) is 5.63. The summed E-state index contributed by atoms with van der Waals surface area (Å²) in [7, 11) is 4.76. The molecule has 0 amide bonds. The van der Waals surface area contributed by atoms with Crippen LogP contribution in [0.4, 0.5) is 0 Å². The first-order chi connectivity index (χ1) is 11.1. The van der Waals surface area contributed by atoms with Crippen molar-refractivity contribution in [3.63, 3.8) is 0 Å². The minimum Gasteiger partial charge on any atom is -0.497 e. The number of methoxy groups -OCH3 is 3. The van der Waals surface area contributed by atoms with E-state index in [-0.39, 0.29) is 11.7 Å². The SMILES string of the molecule is CC[C@H](C(=O)c1ccc(OC)c(OC)c1)c1cccc(OC)c1. The van der Waals surface area contributed by atoms with Crippen LogP contribution in [0.5, 0.6) is 17.2 Å². The number of benzene rings is 2. The molecule has 0 spiro atoms. The van der Waals surface area contributed by atoms with E-state index < -0.39 is 0 Å². The van der Waals surface area contributed by atoms with Crippen molar-refractivity contribution in [3.8, 4) is 17.2 Å². The molecule has 0 aromatic heterocycles. The lowest BCUT2D eigenvalue weighted by atomic mass is 9.88. The van der Waals surface area contributed by atoms with E-state index in [1.807, 2.05) is 31.2 Å². The third-order valence-corrected chi connectivity index (χ3v) is 3.89. The van der Waals surface area contributed by atoms with Crippen molar-refractivity contribution in [2.24, 2.45) is 0 Å². The van der Waals surface area contributed by atoms with E-state index in [0.29, 0.717) is 23.5 Å². The second-order valence-electron chi connectivity index (χ2n) is 5.17. The average Bonchev–Trinajstić information content (AvgIpc) is 2.61. The molecule has 4 nitrogen and oxygen atoms in total. The van der Waals surface area contributed by atoms with Crippen LogP contribution in [0.1, 0.15) is 35.2 Å². The molecule has 0 unspecified atom stereocenters. The third kappa shape index (κ3) is 3.65. The van der Waals surface area contributed by atoms with Crippen LogP contribution in [0.2, 0.25) is 0 Å². The number of Topliss-reactive ketones (excluding diaryl/α,β-unsaturated/α-hetero) is 1. The van der Waals surface area contributed by atoms with Crippen molar-refractivity contribution < 1.29 is 19.0 Å². The molecule has 0 saturated carbocycles. The fourth-order valence-electron chi connectivity index (χ4n) is 2.62. The third-order valence-electron chi connectivity index (χ3n) is 3.89. The topological polar surface area (TPSA) is 44.8 Å². The summed E-state index contributed by atoms with van der Waals surface area (Å²) >= 11 is 0. The van der Waals surface area contributed by atoms with E-state index in [2.05, 4.69) is 0 Å². The Hall–Kier alpha value is -2.49. The summed E-state index contributed by atoms with van der Waals surface area (Å²) in [5.74, 6) is 1.75. The van der Waals surface area contributed by atoms with Gasteiger partial charge in [-0.1, -0.05) is 19.1 Å². The van der Waals surface area contributed by atoms with Gasteiger partial charge in [0.25, 0.3) is 0 Å². The summed E-state index contributed by atoms with van der Waals surface area (Å²) in [6.07, 6.45) is 0.709. The lowest BCUT2D eigenvalue weighted by Crippen LogP contribution is -2.12. The average molecular weight is 314 g/mol. The summed E-state index contributed by atoms with van der Waals surface area (Å²) in [4.78, 5) is 12.9. The van der Waals surface area contributed by atoms with Crippen LogP contribution in [0, 0.1) is 0 Å². The molecule has 0 bridgehead atoms. The highest BCUT2D eigenvalue weighted by molar-refractivity contribution is 6.01. The number of carbonyl (C=O) groups excluding carboxylic acids is 1. The summed E-state index contributed by atoms with van der Waals surface area (Å²) in [6, 6.07) is 12.9. The maximum atomic E-state index is 12.9. The van der Waals surface area contributed by atoms with Crippen molar-refractivity contribution in [1.82, 2.24) is 0 Å². The Morgan fingerprint density at radius 1 is 0.957 bits per heavy atom. The molecule has 122 valence electrons. The maximum Gasteiger partial charge on any atom is 0.170 e. The fourth-order valence-corrected chi connectivity index (χ4v) is 2.62. The normalized spacial score (nSPS) is 11.7. The second kappa shape index (κ2) is 7.68. The van der Waals surface area contributed by atoms with E-state index in [1.54, 1.807) is 39.5 Å². The predicted molar refractivity (Wildman–Crippen MR) is 89.9 cm³/mol. The number of ether oxygens (including phenoxy) is 3. The molecule has 0 aliphatic carbocycles. The maximum absolute atomic E-state index is 12.9. The molecule has 2 rings (SSSR count). The molecular weight excluding hydrogens is 292 g/mol. The number of hydrogen-bond donors (Lipinski definition) is 0. The van der Waals surface area contributed by atoms with Gasteiger partial charge in [0.1, 0.15) is 5.75 Å². The zero-order valence-corrected chi connectivity index (χ0v) is 14.0. The van der Waals surface area contributed by atoms with E-state index in [4.69, 9.17) is 14.2 Å². The molecule has 0 N–H and O–H groups in total. The van der Waals surface area contributed by atoms with Gasteiger partial charge in [-0.2, -0.15) is 0 Å². The molecule has 0 saturated heterocycles. The van der Waals surface area contributed by atoms with Gasteiger partial charge in [0.15, 0.2) is 17.3 Å². The summed E-state index contributed by atoms with van der Waals surface area (Å²) < 4.78 is 15.8. The molecule has 0 radical (unpaired) electrons. The van der Waals surface area contributed by atoms with Gasteiger partial charge in [0.2, 0.25) is 0 Å². The first-order valence-corrected chi connectivity index (χ1v) is 7.54. The quantitative estimate of drug-likeness (QED) is 0.722. The molecule has 2 aromatic rings. The van der Waals surface area contributed by atoms with Crippen molar-refractivity contribution in [2.75, 3.05) is 21.3 Å². The van der Waals surface area contributed by atoms with Gasteiger partial charge in [-0.05, 0) is 42.3 Å². The lowest BCUT2D eigenvalue weighted by Gasteiger charge is -2.16. The van der Waals surface area contributed by atoms with Crippen LogP contribution in [-0.2, 0) is 0 Å². The molecule has 0 aliphatic heterocycles. The highest BCUT2D eigenvalue weighted by Crippen LogP contribution is 2.32. The van der Waals surface area contributed by atoms with E-state index in [9.17, 15) is 4.79 Å². The predicted octanol–water partition coefficient (Wildman–Crippen LogP) is 4.09. The molecule has 0 fully saturated rings. The number of rotatable bonds is 7. The van der Waals surface area contributed by atoms with Crippen LogP contribution in [-0.4, -0.2) is 27.1 Å². The molecular formula is C19H22O4. The van der Waals surface area contributed by atoms with Gasteiger partial charge >= 0.3 is 0 Å². The Balaban J connectivity index is 2.36. The molecule has 0 heterocycles. The second-order valence-corrected chi connectivity index (χ2v) is 5.17. The van der Waals surface area contributed by atoms with E-state index in [1.165, 1.54) is 0 Å². The minimum atomic E-state index is -0.219. The fraction of sp³-hybridized carbons (Fsp3) is 0.316. The minimum absolute atomic E-state index is 0.0571. The molecule has 0 aliphatic rings. The van der Waals surface area contributed by atoms with Gasteiger partial charge < -0.3 is 14.2 Å². The molecule has 1 atom stereocenters. The first kappa shape index (κ1) is 16.9. The number of ketones is 1. The monoisotopic (exact) mass is 314 g/mol. The first-order valence-electron chi connectivity index (χ1n) is 7.54. The number of carbonyl (C=O) groups is 1. The van der Waals surface area contributed by atoms with E-state index in [0.717, 1.165) is 11.3 Å². The molecule has 23 heavy (non-hydrogen) atoms. The van der Waals surface area contributed by atoms with Gasteiger partial charge in [-0.15, -0.1) is 0 Å². The van der Waals surface area contributed by atoms with Gasteiger partial charge in [0, 0.05) is 11.5 Å². The van der Waals surface area contributed by atoms with Gasteiger partial charge in [0.05, 0.1) is 21.3 Å². The highest BCUT2D eigenvalue weighted by Gasteiger charge is 2.22. The zero-order chi connectivity index (χ0) is 16.8. The number of hydrogen-bond acceptors (Lipinski definition) is 4. The van der Waals surface area contributed by atoms with Crippen LogP contribution < -0.4 is 14.2 Å². The molecule has 2 aromatic carbocycles. The smallest absolute Gasteiger partial charge is 0.170 e. The Bertz CT molecular complexity index is 679. The summed E-state index contributed by atoms with van der Waals surface area (Å²) in [6.45, 7) is 2.00. The highest BCUT2D eigenvalue weighted by atomic mass is 16.5. The van der Waals surface area contributed by atoms with Gasteiger partial charge in [-0.25, -0.2) is 0 Å². The van der Waals surface area contributed by atoms with Crippen molar-refractivity contribution >= 4 is 5.78 Å². The summed E-state index contributed by atoms with van der Waals surface area (Å²) in [5, 5.41) is 0. The van der Waals surface area contributed by atoms with Crippen LogP contribution >= 0.6 is 0 Å². The van der Waals surface area contributed by atoms with Crippen molar-refractivity contribution in [3.05, 3.63) is 53.6 Å². The molecule has 4 heteroatoms. The Labute approximate surface area is 137 Å². The standard InChI is InChI=1S/C19H22O4/c1-5-16(13-7-6-8-15(11-13)21-2)19(20)14-9-10-17(22-3)18(12-14)23-4/h6-12,16H,5H2,1-4H3/t16-/m0/s1. The van der Waals surface area contributed by atoms with E-state index >= 15 is 0 Å². The van der Waals surface area contributed by atoms with Crippen molar-refractivity contribution in [1.29, 1.82) is 0 Å². The zero-order valence-electron chi connectivity index (χ0n) is 14.0. The largest absolute Gasteiger partial charge is 0.497 e. The Morgan fingerprint density at radius 2 is 1.70 bits per heavy atom. The van der Waals surface area contributed by atoms with Gasteiger partial charge in [-0.3, -0.25) is 4.79 Å². The van der Waals surface area contributed by atoms with Crippen molar-refractivity contribution in [2.45, 2.75) is 19.3 Å². The summed E-state index contributed by atoms with van der Waals surface area (Å²) in [5.41, 5.74) is 1.56. The van der Waals surface area contributed by atoms with Crippen LogP contribution in [0.15, 0.2) is 42.5 Å². The Morgan fingerprint density at radius 3 is 2.30 bits per heavy atom.